The van der Waals surface area contributed by atoms with E-state index in [0.29, 0.717) is 6.42 Å². The van der Waals surface area contributed by atoms with Crippen LogP contribution in [-0.4, -0.2) is 11.0 Å². The molecule has 0 radical (unpaired) electrons. The number of hydrogen-bond donors (Lipinski definition) is 2. The second-order valence-electron chi connectivity index (χ2n) is 9.26. The lowest BCUT2D eigenvalue weighted by atomic mass is 9.88. The van der Waals surface area contributed by atoms with Gasteiger partial charge in [0.2, 0.25) is 0 Å². The molecule has 1 unspecified atom stereocenters. The third-order valence-corrected chi connectivity index (χ3v) is 7.29. The Balaban J connectivity index is 1.58. The van der Waals surface area contributed by atoms with Gasteiger partial charge < -0.3 is 14.8 Å². The van der Waals surface area contributed by atoms with Gasteiger partial charge in [-0.05, 0) is 91.3 Å². The summed E-state index contributed by atoms with van der Waals surface area (Å²) in [6, 6.07) is 21.8. The zero-order valence-electron chi connectivity index (χ0n) is 21.1. The Bertz CT molecular complexity index is 1290. The van der Waals surface area contributed by atoms with E-state index in [0.717, 1.165) is 16.9 Å². The van der Waals surface area contributed by atoms with E-state index in [1.165, 1.54) is 33.4 Å². The highest BCUT2D eigenvalue weighted by atomic mass is 16.4. The van der Waals surface area contributed by atoms with E-state index in [2.05, 4.69) is 39.9 Å². The van der Waals surface area contributed by atoms with Crippen LogP contribution in [0.1, 0.15) is 73.0 Å². The number of amides is 1. The molecule has 0 spiro atoms. The van der Waals surface area contributed by atoms with Crippen LogP contribution in [0.5, 0.6) is 0 Å². The summed E-state index contributed by atoms with van der Waals surface area (Å²) in [4.78, 5) is 13.2. The Morgan fingerprint density at radius 3 is 1.83 bits per heavy atom. The molecule has 35 heavy (non-hydrogen) atoms. The van der Waals surface area contributed by atoms with Crippen molar-refractivity contribution in [3.05, 3.63) is 129 Å². The lowest BCUT2D eigenvalue weighted by Gasteiger charge is -2.24. The zero-order chi connectivity index (χ0) is 25.1. The van der Waals surface area contributed by atoms with Gasteiger partial charge in [0.25, 0.3) is 5.91 Å². The van der Waals surface area contributed by atoms with Gasteiger partial charge in [0, 0.05) is 6.42 Å². The van der Waals surface area contributed by atoms with Gasteiger partial charge in [-0.25, -0.2) is 0 Å². The topological polar surface area (TPSA) is 62.5 Å². The Morgan fingerprint density at radius 2 is 1.26 bits per heavy atom. The molecule has 1 aromatic heterocycles. The van der Waals surface area contributed by atoms with Crippen LogP contribution < -0.4 is 5.32 Å². The molecule has 4 heteroatoms. The highest BCUT2D eigenvalue weighted by Crippen LogP contribution is 2.30. The van der Waals surface area contributed by atoms with Crippen LogP contribution in [0.25, 0.3) is 0 Å². The van der Waals surface area contributed by atoms with Crippen LogP contribution in [0.4, 0.5) is 0 Å². The van der Waals surface area contributed by atoms with Crippen LogP contribution >= 0.6 is 0 Å². The third kappa shape index (κ3) is 5.08. The van der Waals surface area contributed by atoms with Gasteiger partial charge in [0.05, 0.1) is 6.04 Å². The number of carbonyl (C=O) groups is 1. The summed E-state index contributed by atoms with van der Waals surface area (Å²) >= 11 is 0. The number of aliphatic hydroxyl groups is 1. The SMILES string of the molecule is Cc1c(C)c(C)c(Cc2ccc(C(=O)NC(c3ccccc3)[C@@H](O)c3ccccc3)o2)c(C)c1C. The average molecular weight is 468 g/mol. The first-order valence-electron chi connectivity index (χ1n) is 12.0. The fourth-order valence-electron chi connectivity index (χ4n) is 4.67. The van der Waals surface area contributed by atoms with Gasteiger partial charge in [0.15, 0.2) is 5.76 Å². The average Bonchev–Trinajstić information content (AvgIpc) is 3.37. The number of hydrogen-bond acceptors (Lipinski definition) is 3. The lowest BCUT2D eigenvalue weighted by molar-refractivity contribution is 0.0804. The molecule has 3 aromatic carbocycles. The smallest absolute Gasteiger partial charge is 0.287 e. The summed E-state index contributed by atoms with van der Waals surface area (Å²) in [7, 11) is 0. The fourth-order valence-corrected chi connectivity index (χ4v) is 4.67. The van der Waals surface area contributed by atoms with Crippen molar-refractivity contribution in [1.29, 1.82) is 0 Å². The lowest BCUT2D eigenvalue weighted by Crippen LogP contribution is -2.32. The van der Waals surface area contributed by atoms with E-state index in [1.54, 1.807) is 6.07 Å². The maximum atomic E-state index is 13.2. The fraction of sp³-hybridized carbons (Fsp3) is 0.258. The molecule has 2 N–H and O–H groups in total. The first-order valence-corrected chi connectivity index (χ1v) is 12.0. The molecule has 0 saturated carbocycles. The van der Waals surface area contributed by atoms with Gasteiger partial charge in [-0.15, -0.1) is 0 Å². The standard InChI is InChI=1S/C31H33NO3/c1-19-20(2)22(4)27(23(5)21(19)3)18-26-16-17-28(35-26)31(34)32-29(24-12-8-6-9-13-24)30(33)25-14-10-7-11-15-25/h6-17,29-30,33H,18H2,1-5H3,(H,32,34)/t29?,30-/m0/s1. The van der Waals surface area contributed by atoms with Crippen molar-refractivity contribution in [3.8, 4) is 0 Å². The van der Waals surface area contributed by atoms with E-state index in [-0.39, 0.29) is 11.7 Å². The number of aliphatic hydroxyl groups excluding tert-OH is 1. The third-order valence-electron chi connectivity index (χ3n) is 7.29. The minimum Gasteiger partial charge on any atom is -0.456 e. The molecule has 180 valence electrons. The van der Waals surface area contributed by atoms with Crippen LogP contribution in [0.2, 0.25) is 0 Å². The summed E-state index contributed by atoms with van der Waals surface area (Å²) in [5, 5.41) is 14.1. The Morgan fingerprint density at radius 1 is 0.743 bits per heavy atom. The Labute approximate surface area is 207 Å². The number of carbonyl (C=O) groups excluding carboxylic acids is 1. The second-order valence-corrected chi connectivity index (χ2v) is 9.26. The molecule has 0 aliphatic carbocycles. The molecular weight excluding hydrogens is 434 g/mol. The number of nitrogens with one attached hydrogen (secondary N) is 1. The molecule has 0 aliphatic heterocycles. The summed E-state index contributed by atoms with van der Waals surface area (Å²) in [5.74, 6) is 0.616. The molecule has 4 rings (SSSR count). The van der Waals surface area contributed by atoms with Crippen LogP contribution in [0.15, 0.2) is 77.2 Å². The van der Waals surface area contributed by atoms with Gasteiger partial charge in [-0.3, -0.25) is 4.79 Å². The second kappa shape index (κ2) is 10.3. The molecule has 0 fully saturated rings. The quantitative estimate of drug-likeness (QED) is 0.321. The summed E-state index contributed by atoms with van der Waals surface area (Å²) in [6.45, 7) is 10.8. The van der Waals surface area contributed by atoms with Crippen LogP contribution in [-0.2, 0) is 6.42 Å². The van der Waals surface area contributed by atoms with E-state index in [1.807, 2.05) is 66.7 Å². The predicted octanol–water partition coefficient (Wildman–Crippen LogP) is 6.62. The largest absolute Gasteiger partial charge is 0.456 e. The number of benzene rings is 3. The van der Waals surface area contributed by atoms with Gasteiger partial charge in [-0.1, -0.05) is 60.7 Å². The van der Waals surface area contributed by atoms with E-state index < -0.39 is 12.1 Å². The summed E-state index contributed by atoms with van der Waals surface area (Å²) < 4.78 is 6.00. The maximum Gasteiger partial charge on any atom is 0.287 e. The Hall–Kier alpha value is -3.63. The first kappa shape index (κ1) is 24.5. The zero-order valence-corrected chi connectivity index (χ0v) is 21.1. The molecule has 0 aliphatic rings. The van der Waals surface area contributed by atoms with E-state index >= 15 is 0 Å². The molecule has 2 atom stereocenters. The molecule has 0 bridgehead atoms. The molecule has 1 amide bonds. The van der Waals surface area contributed by atoms with E-state index in [4.69, 9.17) is 4.42 Å². The van der Waals surface area contributed by atoms with Crippen molar-refractivity contribution in [2.24, 2.45) is 0 Å². The van der Waals surface area contributed by atoms with E-state index in [9.17, 15) is 9.90 Å². The van der Waals surface area contributed by atoms with Crippen molar-refractivity contribution < 1.29 is 14.3 Å². The highest BCUT2D eigenvalue weighted by Gasteiger charge is 2.26. The van der Waals surface area contributed by atoms with Crippen molar-refractivity contribution in [1.82, 2.24) is 5.32 Å². The van der Waals surface area contributed by atoms with Gasteiger partial charge in [0.1, 0.15) is 11.9 Å². The van der Waals surface area contributed by atoms with Crippen molar-refractivity contribution in [2.75, 3.05) is 0 Å². The van der Waals surface area contributed by atoms with Gasteiger partial charge in [-0.2, -0.15) is 0 Å². The monoisotopic (exact) mass is 467 g/mol. The number of furan rings is 1. The molecular formula is C31H33NO3. The highest BCUT2D eigenvalue weighted by molar-refractivity contribution is 5.91. The van der Waals surface area contributed by atoms with Gasteiger partial charge >= 0.3 is 0 Å². The van der Waals surface area contributed by atoms with Crippen LogP contribution in [0.3, 0.4) is 0 Å². The summed E-state index contributed by atoms with van der Waals surface area (Å²) in [6.07, 6.45) is -0.275. The minimum absolute atomic E-state index is 0.233. The first-order chi connectivity index (χ1) is 16.8. The van der Waals surface area contributed by atoms with Crippen molar-refractivity contribution >= 4 is 5.91 Å². The maximum absolute atomic E-state index is 13.2. The minimum atomic E-state index is -0.902. The van der Waals surface area contributed by atoms with Crippen LogP contribution in [0, 0.1) is 34.6 Å². The van der Waals surface area contributed by atoms with Crippen molar-refractivity contribution in [2.45, 2.75) is 53.2 Å². The predicted molar refractivity (Wildman–Crippen MR) is 140 cm³/mol. The molecule has 0 saturated heterocycles. The molecule has 1 heterocycles. The Kier molecular flexibility index (Phi) is 7.23. The molecule has 4 aromatic rings. The molecule has 4 nitrogen and oxygen atoms in total. The summed E-state index contributed by atoms with van der Waals surface area (Å²) in [5.41, 5.74) is 9.26. The number of rotatable bonds is 7. The van der Waals surface area contributed by atoms with Crippen molar-refractivity contribution in [3.63, 3.8) is 0 Å². The normalized spacial score (nSPS) is 12.9.